The Labute approximate surface area is 186 Å². The van der Waals surface area contributed by atoms with Crippen LogP contribution in [0.3, 0.4) is 0 Å². The fraction of sp³-hybridized carbons (Fsp3) is 0.375. The first-order valence-electron chi connectivity index (χ1n) is 10.7. The summed E-state index contributed by atoms with van der Waals surface area (Å²) < 4.78 is 6.05. The van der Waals surface area contributed by atoms with Gasteiger partial charge in [-0.1, -0.05) is 24.3 Å². The van der Waals surface area contributed by atoms with Crippen molar-refractivity contribution in [2.45, 2.75) is 37.8 Å². The number of para-hydroxylation sites is 1. The van der Waals surface area contributed by atoms with Gasteiger partial charge < -0.3 is 15.0 Å². The minimum absolute atomic E-state index is 0.0288. The molecule has 2 atom stereocenters. The SMILES string of the molecule is Cc1nc(CN2CC3(COC(C(=O)NCCc4ccccn4)C3)c3ccccc32)cs1. The second kappa shape index (κ2) is 8.40. The van der Waals surface area contributed by atoms with Crippen molar-refractivity contribution in [3.63, 3.8) is 0 Å². The maximum Gasteiger partial charge on any atom is 0.249 e. The van der Waals surface area contributed by atoms with Crippen molar-refractivity contribution in [1.29, 1.82) is 0 Å². The molecule has 0 bridgehead atoms. The van der Waals surface area contributed by atoms with Gasteiger partial charge in [0.2, 0.25) is 5.91 Å². The number of nitrogens with zero attached hydrogens (tertiary/aromatic N) is 3. The number of rotatable bonds is 6. The second-order valence-electron chi connectivity index (χ2n) is 8.38. The molecule has 2 aromatic heterocycles. The normalized spacial score (nSPS) is 22.1. The number of nitrogens with one attached hydrogen (secondary N) is 1. The van der Waals surface area contributed by atoms with Crippen LogP contribution in [0.5, 0.6) is 0 Å². The number of fused-ring (bicyclic) bond motifs is 2. The average Bonchev–Trinajstić information content (AvgIpc) is 3.48. The van der Waals surface area contributed by atoms with E-state index in [2.05, 4.69) is 49.8 Å². The van der Waals surface area contributed by atoms with Crippen LogP contribution in [0.15, 0.2) is 54.0 Å². The van der Waals surface area contributed by atoms with E-state index in [0.717, 1.165) is 29.5 Å². The zero-order chi connectivity index (χ0) is 21.3. The van der Waals surface area contributed by atoms with Crippen LogP contribution >= 0.6 is 11.3 Å². The number of ether oxygens (including phenoxy) is 1. The third-order valence-corrected chi connectivity index (χ3v) is 6.99. The second-order valence-corrected chi connectivity index (χ2v) is 9.44. The van der Waals surface area contributed by atoms with E-state index in [-0.39, 0.29) is 11.3 Å². The van der Waals surface area contributed by atoms with E-state index in [9.17, 15) is 4.79 Å². The molecule has 0 aliphatic carbocycles. The first-order chi connectivity index (χ1) is 15.1. The van der Waals surface area contributed by atoms with Crippen LogP contribution in [0.1, 0.15) is 28.4 Å². The van der Waals surface area contributed by atoms with Gasteiger partial charge in [0.05, 0.1) is 23.9 Å². The highest BCUT2D eigenvalue weighted by molar-refractivity contribution is 7.09. The molecule has 1 aromatic carbocycles. The van der Waals surface area contributed by atoms with E-state index in [1.54, 1.807) is 17.5 Å². The lowest BCUT2D eigenvalue weighted by molar-refractivity contribution is -0.129. The van der Waals surface area contributed by atoms with Crippen molar-refractivity contribution < 1.29 is 9.53 Å². The van der Waals surface area contributed by atoms with E-state index in [1.807, 2.05) is 25.1 Å². The van der Waals surface area contributed by atoms with E-state index >= 15 is 0 Å². The molecule has 1 N–H and O–H groups in total. The van der Waals surface area contributed by atoms with E-state index in [4.69, 9.17) is 4.74 Å². The molecule has 1 fully saturated rings. The first kappa shape index (κ1) is 20.2. The number of carbonyl (C=O) groups is 1. The molecule has 160 valence electrons. The van der Waals surface area contributed by atoms with E-state index < -0.39 is 6.10 Å². The lowest BCUT2D eigenvalue weighted by atomic mass is 9.80. The lowest BCUT2D eigenvalue weighted by Gasteiger charge is -2.24. The van der Waals surface area contributed by atoms with Crippen LogP contribution in [0.4, 0.5) is 5.69 Å². The quantitative estimate of drug-likeness (QED) is 0.645. The monoisotopic (exact) mass is 434 g/mol. The van der Waals surface area contributed by atoms with Gasteiger partial charge in [0.1, 0.15) is 6.10 Å². The van der Waals surface area contributed by atoms with Crippen LogP contribution in [-0.4, -0.2) is 41.7 Å². The Hall–Kier alpha value is -2.77. The fourth-order valence-electron chi connectivity index (χ4n) is 4.72. The number of hydrogen-bond donors (Lipinski definition) is 1. The van der Waals surface area contributed by atoms with Gasteiger partial charge in [0.15, 0.2) is 0 Å². The molecule has 5 rings (SSSR count). The van der Waals surface area contributed by atoms with Gasteiger partial charge in [-0.25, -0.2) is 4.98 Å². The van der Waals surface area contributed by atoms with Crippen LogP contribution in [-0.2, 0) is 27.9 Å². The minimum atomic E-state index is -0.418. The molecule has 1 saturated heterocycles. The predicted octanol–water partition coefficient (Wildman–Crippen LogP) is 3.25. The molecule has 0 radical (unpaired) electrons. The topological polar surface area (TPSA) is 67.4 Å². The van der Waals surface area contributed by atoms with E-state index in [0.29, 0.717) is 26.0 Å². The molecular weight excluding hydrogens is 408 g/mol. The molecular formula is C24H26N4O2S. The van der Waals surface area contributed by atoms with Gasteiger partial charge in [-0.15, -0.1) is 11.3 Å². The number of aryl methyl sites for hydroxylation is 1. The van der Waals surface area contributed by atoms with E-state index in [1.165, 1.54) is 11.3 Å². The number of thiazole rings is 1. The molecule has 2 unspecified atom stereocenters. The summed E-state index contributed by atoms with van der Waals surface area (Å²) in [4.78, 5) is 24.1. The van der Waals surface area contributed by atoms with Crippen LogP contribution < -0.4 is 10.2 Å². The number of hydrogen-bond acceptors (Lipinski definition) is 6. The zero-order valence-corrected chi connectivity index (χ0v) is 18.4. The Kier molecular flexibility index (Phi) is 5.46. The highest BCUT2D eigenvalue weighted by atomic mass is 32.1. The number of aromatic nitrogens is 2. The first-order valence-corrected chi connectivity index (χ1v) is 11.6. The molecule has 4 heterocycles. The zero-order valence-electron chi connectivity index (χ0n) is 17.6. The fourth-order valence-corrected chi connectivity index (χ4v) is 5.33. The summed E-state index contributed by atoms with van der Waals surface area (Å²) in [5.74, 6) is -0.0288. The van der Waals surface area contributed by atoms with Crippen molar-refractivity contribution >= 4 is 22.9 Å². The summed E-state index contributed by atoms with van der Waals surface area (Å²) >= 11 is 1.68. The number of carbonyl (C=O) groups excluding carboxylic acids is 1. The summed E-state index contributed by atoms with van der Waals surface area (Å²) in [5.41, 5.74) is 4.44. The Balaban J connectivity index is 1.25. The Bertz CT molecular complexity index is 1070. The highest BCUT2D eigenvalue weighted by Crippen LogP contribution is 2.47. The van der Waals surface area contributed by atoms with Gasteiger partial charge in [0, 0.05) is 47.9 Å². The Morgan fingerprint density at radius 1 is 1.26 bits per heavy atom. The molecule has 31 heavy (non-hydrogen) atoms. The largest absolute Gasteiger partial charge is 0.367 e. The Morgan fingerprint density at radius 3 is 2.94 bits per heavy atom. The highest BCUT2D eigenvalue weighted by Gasteiger charge is 2.50. The van der Waals surface area contributed by atoms with Gasteiger partial charge in [-0.3, -0.25) is 9.78 Å². The number of benzene rings is 1. The summed E-state index contributed by atoms with van der Waals surface area (Å²) in [7, 11) is 0. The predicted molar refractivity (Wildman–Crippen MR) is 121 cm³/mol. The maximum atomic E-state index is 12.8. The third kappa shape index (κ3) is 4.07. The Morgan fingerprint density at radius 2 is 2.13 bits per heavy atom. The smallest absolute Gasteiger partial charge is 0.249 e. The van der Waals surface area contributed by atoms with Gasteiger partial charge in [0.25, 0.3) is 0 Å². The number of anilines is 1. The average molecular weight is 435 g/mol. The van der Waals surface area contributed by atoms with Crippen LogP contribution in [0, 0.1) is 6.92 Å². The molecule has 1 amide bonds. The molecule has 6 nitrogen and oxygen atoms in total. The summed E-state index contributed by atoms with van der Waals surface area (Å²) in [6.45, 7) is 4.80. The van der Waals surface area contributed by atoms with Crippen LogP contribution in [0.25, 0.3) is 0 Å². The molecule has 2 aliphatic heterocycles. The van der Waals surface area contributed by atoms with Crippen molar-refractivity contribution in [2.24, 2.45) is 0 Å². The standard InChI is InChI=1S/C24H26N4O2S/c1-17-27-19(14-31-17)13-28-15-24(20-7-2-3-8-21(20)28)12-22(30-16-24)23(29)26-11-9-18-6-4-5-10-25-18/h2-8,10,14,22H,9,11-13,15-16H2,1H3,(H,26,29). The summed E-state index contributed by atoms with van der Waals surface area (Å²) in [6, 6.07) is 14.3. The van der Waals surface area contributed by atoms with Crippen molar-refractivity contribution in [3.8, 4) is 0 Å². The minimum Gasteiger partial charge on any atom is -0.367 e. The van der Waals surface area contributed by atoms with Gasteiger partial charge in [-0.2, -0.15) is 0 Å². The molecule has 0 saturated carbocycles. The summed E-state index contributed by atoms with van der Waals surface area (Å²) in [6.07, 6.45) is 2.77. The molecule has 1 spiro atoms. The van der Waals surface area contributed by atoms with Crippen LogP contribution in [0.2, 0.25) is 0 Å². The molecule has 2 aliphatic rings. The number of pyridine rings is 1. The number of amides is 1. The maximum absolute atomic E-state index is 12.8. The van der Waals surface area contributed by atoms with Gasteiger partial charge in [-0.05, 0) is 37.1 Å². The van der Waals surface area contributed by atoms with Crippen molar-refractivity contribution in [3.05, 3.63) is 76.0 Å². The van der Waals surface area contributed by atoms with Gasteiger partial charge >= 0.3 is 0 Å². The lowest BCUT2D eigenvalue weighted by Crippen LogP contribution is -2.38. The molecule has 7 heteroatoms. The summed E-state index contributed by atoms with van der Waals surface area (Å²) in [5, 5.41) is 6.25. The van der Waals surface area contributed by atoms with Crippen molar-refractivity contribution in [1.82, 2.24) is 15.3 Å². The molecule has 3 aromatic rings. The van der Waals surface area contributed by atoms with Crippen molar-refractivity contribution in [2.75, 3.05) is 24.6 Å². The third-order valence-electron chi connectivity index (χ3n) is 6.16.